The Bertz CT molecular complexity index is 625. The van der Waals surface area contributed by atoms with E-state index in [-0.39, 0.29) is 26.2 Å². The summed E-state index contributed by atoms with van der Waals surface area (Å²) in [6, 6.07) is 9.44. The van der Waals surface area contributed by atoms with Crippen LogP contribution in [0.1, 0.15) is 71.6 Å². The maximum Gasteiger partial charge on any atom is 0.0405 e. The van der Waals surface area contributed by atoms with Crippen LogP contribution in [0.3, 0.4) is 0 Å². The van der Waals surface area contributed by atoms with E-state index in [2.05, 4.69) is 38.2 Å². The van der Waals surface area contributed by atoms with Gasteiger partial charge in [-0.2, -0.15) is 0 Å². The van der Waals surface area contributed by atoms with Crippen LogP contribution in [0.15, 0.2) is 76.9 Å². The molecule has 0 spiro atoms. The molecule has 0 N–H and O–H groups in total. The van der Waals surface area contributed by atoms with Crippen molar-refractivity contribution >= 4 is 11.6 Å². The smallest absolute Gasteiger partial charge is 0.0405 e. The molecule has 2 aliphatic rings. The summed E-state index contributed by atoms with van der Waals surface area (Å²) in [7, 11) is 0. The third-order valence-electron chi connectivity index (χ3n) is 5.03. The van der Waals surface area contributed by atoms with Gasteiger partial charge in [0.15, 0.2) is 0 Å². The van der Waals surface area contributed by atoms with Gasteiger partial charge in [0.1, 0.15) is 0 Å². The van der Waals surface area contributed by atoms with E-state index >= 15 is 0 Å². The Morgan fingerprint density at radius 2 is 1.26 bits per heavy atom. The van der Waals surface area contributed by atoms with E-state index in [1.54, 1.807) is 22.3 Å². The van der Waals surface area contributed by atoms with Crippen molar-refractivity contribution in [3.8, 4) is 0 Å². The number of benzene rings is 1. The molecule has 144 valence electrons. The molecule has 3 rings (SSSR count). The molecule has 0 atom stereocenters. The predicted molar refractivity (Wildman–Crippen MR) is 117 cm³/mol. The number of allylic oxidation sites excluding steroid dienone is 8. The van der Waals surface area contributed by atoms with E-state index in [0.717, 1.165) is 5.02 Å². The van der Waals surface area contributed by atoms with Gasteiger partial charge in [-0.25, -0.2) is 0 Å². The van der Waals surface area contributed by atoms with Crippen LogP contribution >= 0.6 is 11.6 Å². The van der Waals surface area contributed by atoms with Gasteiger partial charge in [0.2, 0.25) is 0 Å². The van der Waals surface area contributed by atoms with Crippen molar-refractivity contribution in [3.05, 3.63) is 82.0 Å². The Kier molecular flexibility index (Phi) is 13.0. The van der Waals surface area contributed by atoms with Gasteiger partial charge in [0.05, 0.1) is 0 Å². The van der Waals surface area contributed by atoms with Crippen LogP contribution in [-0.2, 0) is 26.2 Å². The van der Waals surface area contributed by atoms with Crippen LogP contribution in [0.2, 0.25) is 5.02 Å². The largest absolute Gasteiger partial charge is 0.0843 e. The third kappa shape index (κ3) is 8.93. The van der Waals surface area contributed by atoms with Crippen LogP contribution in [0.25, 0.3) is 0 Å². The van der Waals surface area contributed by atoms with Crippen molar-refractivity contribution in [1.82, 2.24) is 0 Å². The van der Waals surface area contributed by atoms with Crippen molar-refractivity contribution in [1.29, 1.82) is 0 Å². The number of hydrogen-bond donors (Lipinski definition) is 0. The molecule has 0 aliphatic heterocycles. The molecule has 0 heterocycles. The first-order valence-corrected chi connectivity index (χ1v) is 10.6. The molecule has 2 heteroatoms. The van der Waals surface area contributed by atoms with E-state index < -0.39 is 0 Å². The normalized spacial score (nSPS) is 15.1. The summed E-state index contributed by atoms with van der Waals surface area (Å²) in [5.74, 6) is 0. The van der Waals surface area contributed by atoms with E-state index in [9.17, 15) is 0 Å². The molecule has 0 radical (unpaired) electrons. The molecule has 0 saturated carbocycles. The third-order valence-corrected chi connectivity index (χ3v) is 5.29. The van der Waals surface area contributed by atoms with Crippen molar-refractivity contribution in [3.63, 3.8) is 0 Å². The Balaban J connectivity index is 0.000000385. The molecule has 2 aliphatic carbocycles. The molecule has 0 bridgehead atoms. The second-order valence-electron chi connectivity index (χ2n) is 7.15. The number of rotatable bonds is 8. The number of unbranched alkanes of at least 4 members (excludes halogenated alkanes) is 2. The summed E-state index contributed by atoms with van der Waals surface area (Å²) in [6.45, 7) is 4.57. The van der Waals surface area contributed by atoms with Gasteiger partial charge in [0, 0.05) is 31.2 Å². The minimum atomic E-state index is 0. The molecule has 0 amide bonds. The zero-order chi connectivity index (χ0) is 18.6. The summed E-state index contributed by atoms with van der Waals surface area (Å²) in [5, 5.41) is 0.794. The molecule has 0 unspecified atom stereocenters. The van der Waals surface area contributed by atoms with Crippen molar-refractivity contribution in [2.24, 2.45) is 0 Å². The molecule has 1 aromatic carbocycles. The molecule has 0 aromatic heterocycles. The summed E-state index contributed by atoms with van der Waals surface area (Å²) in [5.41, 5.74) is 6.66. The van der Waals surface area contributed by atoms with E-state index in [1.807, 2.05) is 30.3 Å². The molecular weight excluding hydrogens is 427 g/mol. The Morgan fingerprint density at radius 1 is 0.778 bits per heavy atom. The van der Waals surface area contributed by atoms with Crippen LogP contribution in [0.5, 0.6) is 0 Å². The van der Waals surface area contributed by atoms with Gasteiger partial charge < -0.3 is 0 Å². The summed E-state index contributed by atoms with van der Waals surface area (Å²) in [4.78, 5) is 0. The van der Waals surface area contributed by atoms with Gasteiger partial charge in [-0.15, -0.1) is 0 Å². The van der Waals surface area contributed by atoms with Crippen molar-refractivity contribution in [2.45, 2.75) is 71.6 Å². The average molecular weight is 460 g/mol. The maximum absolute atomic E-state index is 5.54. The minimum Gasteiger partial charge on any atom is -0.0843 e. The van der Waals surface area contributed by atoms with Crippen molar-refractivity contribution in [2.75, 3.05) is 0 Å². The molecule has 0 fully saturated rings. The molecule has 27 heavy (non-hydrogen) atoms. The fourth-order valence-corrected chi connectivity index (χ4v) is 3.63. The monoisotopic (exact) mass is 458 g/mol. The van der Waals surface area contributed by atoms with Crippen LogP contribution in [0.4, 0.5) is 0 Å². The summed E-state index contributed by atoms with van der Waals surface area (Å²) >= 11 is 5.54. The van der Waals surface area contributed by atoms with Gasteiger partial charge in [-0.05, 0) is 68.2 Å². The average Bonchev–Trinajstić information content (AvgIpc) is 3.29. The fourth-order valence-electron chi connectivity index (χ4n) is 3.48. The first-order chi connectivity index (χ1) is 12.7. The Morgan fingerprint density at radius 3 is 1.63 bits per heavy atom. The predicted octanol–water partition coefficient (Wildman–Crippen LogP) is 8.61. The van der Waals surface area contributed by atoms with E-state index in [0.29, 0.717) is 0 Å². The van der Waals surface area contributed by atoms with Gasteiger partial charge in [0.25, 0.3) is 0 Å². The summed E-state index contributed by atoms with van der Waals surface area (Å²) in [6.07, 6.45) is 20.9. The molecule has 0 nitrogen and oxygen atoms in total. The fraction of sp³-hybridized carbons (Fsp3) is 0.440. The summed E-state index contributed by atoms with van der Waals surface area (Å²) < 4.78 is 0. The van der Waals surface area contributed by atoms with Gasteiger partial charge >= 0.3 is 0 Å². The van der Waals surface area contributed by atoms with Crippen LogP contribution in [0, 0.1) is 0 Å². The topological polar surface area (TPSA) is 0 Å². The molecule has 0 saturated heterocycles. The second kappa shape index (κ2) is 14.4. The standard InChI is InChI=1S/C19H28.C6H5Cl.Zr/c1-3-5-9-16-11-7-13-18(16)15-19-14-8-12-17(19)10-6-4-2;7-6-4-2-1-3-5-6;/h7-8,11-12H,3-6,9-10,13-15H2,1-2H3;1-5H;. The first-order valence-electron chi connectivity index (χ1n) is 10.2. The van der Waals surface area contributed by atoms with Gasteiger partial charge in [-0.1, -0.05) is 91.9 Å². The van der Waals surface area contributed by atoms with E-state index in [4.69, 9.17) is 11.6 Å². The quantitative estimate of drug-likeness (QED) is 0.365. The Labute approximate surface area is 190 Å². The van der Waals surface area contributed by atoms with Gasteiger partial charge in [-0.3, -0.25) is 0 Å². The molecule has 1 aromatic rings. The number of halogens is 1. The van der Waals surface area contributed by atoms with Crippen molar-refractivity contribution < 1.29 is 26.2 Å². The maximum atomic E-state index is 5.54. The Hall–Kier alpha value is -0.647. The SMILES string of the molecule is CCCCC1=C(CC2=C(CCCC)C=CC2)CC=C1.Clc1ccccc1.[Zr]. The number of hydrogen-bond acceptors (Lipinski definition) is 0. The van der Waals surface area contributed by atoms with Crippen LogP contribution < -0.4 is 0 Å². The minimum absolute atomic E-state index is 0. The zero-order valence-corrected chi connectivity index (χ0v) is 20.2. The first kappa shape index (κ1) is 24.4. The zero-order valence-electron chi connectivity index (χ0n) is 16.9. The van der Waals surface area contributed by atoms with E-state index in [1.165, 1.54) is 57.8 Å². The second-order valence-corrected chi connectivity index (χ2v) is 7.59. The molecular formula is C25H33ClZr. The van der Waals surface area contributed by atoms with Crippen LogP contribution in [-0.4, -0.2) is 0 Å².